The molecule has 1 amide bonds. The average Bonchev–Trinajstić information content (AvgIpc) is 3.26. The molecule has 0 radical (unpaired) electrons. The Hall–Kier alpha value is -3.21. The molecule has 1 aliphatic rings. The summed E-state index contributed by atoms with van der Waals surface area (Å²) in [7, 11) is -3.71. The summed E-state index contributed by atoms with van der Waals surface area (Å²) >= 11 is 0. The standard InChI is InChI=1S/C24H27N3O6S/c1-17-6-8-19(14-22(17)34(30,31)27-10-12-32-13-11-27)26-23(28)16-33-24(29)9-7-18-15-25-21-5-3-2-4-20(18)21/h2-6,8,14-15,25H,7,9-13,16H2,1H3,(H,26,28). The fourth-order valence-corrected chi connectivity index (χ4v) is 5.53. The van der Waals surface area contributed by atoms with Gasteiger partial charge in [0, 0.05) is 42.3 Å². The Kier molecular flexibility index (Phi) is 7.30. The zero-order valence-corrected chi connectivity index (χ0v) is 19.7. The minimum absolute atomic E-state index is 0.128. The molecule has 0 saturated carbocycles. The van der Waals surface area contributed by atoms with Gasteiger partial charge in [-0.15, -0.1) is 0 Å². The van der Waals surface area contributed by atoms with Crippen LogP contribution in [0.4, 0.5) is 5.69 Å². The van der Waals surface area contributed by atoms with Gasteiger partial charge in [0.1, 0.15) is 0 Å². The van der Waals surface area contributed by atoms with Crippen molar-refractivity contribution in [2.45, 2.75) is 24.7 Å². The maximum Gasteiger partial charge on any atom is 0.306 e. The summed E-state index contributed by atoms with van der Waals surface area (Å²) < 4.78 is 37.7. The molecule has 4 rings (SSSR count). The number of rotatable bonds is 8. The number of aromatic nitrogens is 1. The van der Waals surface area contributed by atoms with Crippen LogP contribution in [-0.2, 0) is 35.5 Å². The van der Waals surface area contributed by atoms with E-state index in [0.717, 1.165) is 16.5 Å². The molecule has 3 aromatic rings. The van der Waals surface area contributed by atoms with E-state index in [4.69, 9.17) is 9.47 Å². The molecule has 1 saturated heterocycles. The van der Waals surface area contributed by atoms with Gasteiger partial charge in [0.2, 0.25) is 10.0 Å². The maximum absolute atomic E-state index is 13.0. The van der Waals surface area contributed by atoms with Gasteiger partial charge in [0.05, 0.1) is 18.1 Å². The zero-order valence-electron chi connectivity index (χ0n) is 18.9. The Balaban J connectivity index is 1.31. The van der Waals surface area contributed by atoms with Crippen molar-refractivity contribution in [1.82, 2.24) is 9.29 Å². The number of nitrogens with one attached hydrogen (secondary N) is 2. The fourth-order valence-electron chi connectivity index (χ4n) is 3.87. The lowest BCUT2D eigenvalue weighted by Crippen LogP contribution is -2.40. The van der Waals surface area contributed by atoms with Crippen LogP contribution in [0.1, 0.15) is 17.5 Å². The van der Waals surface area contributed by atoms with Gasteiger partial charge in [-0.1, -0.05) is 24.3 Å². The number of amides is 1. The van der Waals surface area contributed by atoms with Gasteiger partial charge < -0.3 is 19.8 Å². The second-order valence-corrected chi connectivity index (χ2v) is 9.97. The summed E-state index contributed by atoms with van der Waals surface area (Å²) in [6.45, 7) is 2.51. The number of carbonyl (C=O) groups is 2. The Bertz CT molecular complexity index is 1300. The van der Waals surface area contributed by atoms with E-state index in [1.807, 2.05) is 30.5 Å². The van der Waals surface area contributed by atoms with Gasteiger partial charge in [-0.2, -0.15) is 4.31 Å². The number of ether oxygens (including phenoxy) is 2. The first-order valence-electron chi connectivity index (χ1n) is 11.0. The highest BCUT2D eigenvalue weighted by atomic mass is 32.2. The number of aryl methyl sites for hydroxylation is 2. The van der Waals surface area contributed by atoms with Crippen LogP contribution in [0.3, 0.4) is 0 Å². The van der Waals surface area contributed by atoms with Crippen LogP contribution >= 0.6 is 0 Å². The van der Waals surface area contributed by atoms with E-state index in [2.05, 4.69) is 10.3 Å². The predicted molar refractivity (Wildman–Crippen MR) is 127 cm³/mol. The highest BCUT2D eigenvalue weighted by molar-refractivity contribution is 7.89. The number of hydrogen-bond donors (Lipinski definition) is 2. The Morgan fingerprint density at radius 1 is 1.15 bits per heavy atom. The lowest BCUT2D eigenvalue weighted by Gasteiger charge is -2.26. The monoisotopic (exact) mass is 485 g/mol. The van der Waals surface area contributed by atoms with Crippen LogP contribution in [-0.4, -0.2) is 62.5 Å². The topological polar surface area (TPSA) is 118 Å². The summed E-state index contributed by atoms with van der Waals surface area (Å²) in [5, 5.41) is 3.66. The number of hydrogen-bond acceptors (Lipinski definition) is 6. The lowest BCUT2D eigenvalue weighted by molar-refractivity contribution is -0.147. The highest BCUT2D eigenvalue weighted by Gasteiger charge is 2.28. The highest BCUT2D eigenvalue weighted by Crippen LogP contribution is 2.24. The molecule has 34 heavy (non-hydrogen) atoms. The number of esters is 1. The van der Waals surface area contributed by atoms with Gasteiger partial charge in [-0.05, 0) is 42.7 Å². The van der Waals surface area contributed by atoms with E-state index in [1.165, 1.54) is 10.4 Å². The molecule has 1 fully saturated rings. The first kappa shape index (κ1) is 23.9. The van der Waals surface area contributed by atoms with E-state index >= 15 is 0 Å². The number of sulfonamides is 1. The van der Waals surface area contributed by atoms with Crippen LogP contribution in [0.2, 0.25) is 0 Å². The number of anilines is 1. The molecular weight excluding hydrogens is 458 g/mol. The number of morpholine rings is 1. The van der Waals surface area contributed by atoms with Gasteiger partial charge in [0.25, 0.3) is 5.91 Å². The van der Waals surface area contributed by atoms with Crippen molar-refractivity contribution in [2.24, 2.45) is 0 Å². The van der Waals surface area contributed by atoms with Crippen molar-refractivity contribution in [2.75, 3.05) is 38.2 Å². The molecule has 2 heterocycles. The molecule has 1 aliphatic heterocycles. The molecule has 10 heteroatoms. The van der Waals surface area contributed by atoms with Crippen LogP contribution in [0.5, 0.6) is 0 Å². The smallest absolute Gasteiger partial charge is 0.306 e. The van der Waals surface area contributed by atoms with Crippen molar-refractivity contribution in [3.05, 3.63) is 59.8 Å². The van der Waals surface area contributed by atoms with Gasteiger partial charge in [-0.3, -0.25) is 9.59 Å². The number of fused-ring (bicyclic) bond motifs is 1. The Labute approximate surface area is 198 Å². The second-order valence-electron chi connectivity index (χ2n) is 8.07. The summed E-state index contributed by atoms with van der Waals surface area (Å²) in [4.78, 5) is 27.7. The molecule has 0 bridgehead atoms. The van der Waals surface area contributed by atoms with Gasteiger partial charge in [0.15, 0.2) is 6.61 Å². The molecule has 9 nitrogen and oxygen atoms in total. The van der Waals surface area contributed by atoms with E-state index < -0.39 is 28.5 Å². The van der Waals surface area contributed by atoms with E-state index in [9.17, 15) is 18.0 Å². The summed E-state index contributed by atoms with van der Waals surface area (Å²) in [5.41, 5.74) is 2.90. The van der Waals surface area contributed by atoms with Crippen LogP contribution in [0.25, 0.3) is 10.9 Å². The Morgan fingerprint density at radius 3 is 2.71 bits per heavy atom. The second kappa shape index (κ2) is 10.4. The maximum atomic E-state index is 13.0. The molecule has 0 atom stereocenters. The number of aromatic amines is 1. The minimum atomic E-state index is -3.71. The number of carbonyl (C=O) groups excluding carboxylic acids is 2. The average molecular weight is 486 g/mol. The van der Waals surface area contributed by atoms with Crippen molar-refractivity contribution >= 4 is 38.5 Å². The summed E-state index contributed by atoms with van der Waals surface area (Å²) in [6.07, 6.45) is 2.50. The van der Waals surface area contributed by atoms with Crippen molar-refractivity contribution < 1.29 is 27.5 Å². The van der Waals surface area contributed by atoms with Crippen LogP contribution < -0.4 is 5.32 Å². The zero-order chi connectivity index (χ0) is 24.1. The molecule has 0 unspecified atom stereocenters. The molecular formula is C24H27N3O6S. The quantitative estimate of drug-likeness (QED) is 0.474. The first-order valence-corrected chi connectivity index (χ1v) is 12.5. The summed E-state index contributed by atoms with van der Waals surface area (Å²) in [6, 6.07) is 12.5. The van der Waals surface area contributed by atoms with Crippen molar-refractivity contribution in [3.63, 3.8) is 0 Å². The molecule has 0 aliphatic carbocycles. The van der Waals surface area contributed by atoms with Gasteiger partial charge >= 0.3 is 5.97 Å². The Morgan fingerprint density at radius 2 is 1.91 bits per heavy atom. The molecule has 2 N–H and O–H groups in total. The largest absolute Gasteiger partial charge is 0.456 e. The van der Waals surface area contributed by atoms with E-state index in [-0.39, 0.29) is 24.4 Å². The molecule has 2 aromatic carbocycles. The minimum Gasteiger partial charge on any atom is -0.456 e. The molecule has 0 spiro atoms. The third-order valence-electron chi connectivity index (χ3n) is 5.70. The van der Waals surface area contributed by atoms with Gasteiger partial charge in [-0.25, -0.2) is 8.42 Å². The van der Waals surface area contributed by atoms with Crippen LogP contribution in [0.15, 0.2) is 53.6 Å². The predicted octanol–water partition coefficient (Wildman–Crippen LogP) is 2.61. The molecule has 1 aromatic heterocycles. The van der Waals surface area contributed by atoms with Crippen molar-refractivity contribution in [3.8, 4) is 0 Å². The number of H-pyrrole nitrogens is 1. The summed E-state index contributed by atoms with van der Waals surface area (Å²) in [5.74, 6) is -1.03. The number of para-hydroxylation sites is 1. The third-order valence-corrected chi connectivity index (χ3v) is 7.74. The number of nitrogens with zero attached hydrogens (tertiary/aromatic N) is 1. The molecule has 180 valence electrons. The van der Waals surface area contributed by atoms with Crippen molar-refractivity contribution in [1.29, 1.82) is 0 Å². The third kappa shape index (κ3) is 5.46. The van der Waals surface area contributed by atoms with Crippen LogP contribution in [0, 0.1) is 6.92 Å². The first-order chi connectivity index (χ1) is 16.3. The lowest BCUT2D eigenvalue weighted by atomic mass is 10.1. The SMILES string of the molecule is Cc1ccc(NC(=O)COC(=O)CCc2c[nH]c3ccccc23)cc1S(=O)(=O)N1CCOCC1. The van der Waals surface area contributed by atoms with E-state index in [0.29, 0.717) is 30.9 Å². The fraction of sp³-hybridized carbons (Fsp3) is 0.333. The number of benzene rings is 2. The normalized spacial score (nSPS) is 14.7. The van der Waals surface area contributed by atoms with E-state index in [1.54, 1.807) is 19.1 Å².